The Morgan fingerprint density at radius 3 is 2.50 bits per heavy atom. The lowest BCUT2D eigenvalue weighted by Crippen LogP contribution is -2.28. The van der Waals surface area contributed by atoms with Gasteiger partial charge in [0.2, 0.25) is 0 Å². The molecule has 3 N–H and O–H groups in total. The van der Waals surface area contributed by atoms with E-state index in [1.807, 2.05) is 19.9 Å². The van der Waals surface area contributed by atoms with Crippen LogP contribution < -0.4 is 5.84 Å². The van der Waals surface area contributed by atoms with Gasteiger partial charge in [-0.25, -0.2) is 5.84 Å². The van der Waals surface area contributed by atoms with Crippen molar-refractivity contribution in [1.29, 1.82) is 0 Å². The fourth-order valence-corrected chi connectivity index (χ4v) is 0.347. The van der Waals surface area contributed by atoms with Gasteiger partial charge in [0.15, 0.2) is 0 Å². The number of nitrogens with two attached hydrogens (primary N) is 1. The van der Waals surface area contributed by atoms with Gasteiger partial charge in [-0.2, -0.15) is 0 Å². The molecule has 0 aromatic rings. The van der Waals surface area contributed by atoms with Gasteiger partial charge >= 0.3 is 0 Å². The zero-order valence-corrected chi connectivity index (χ0v) is 5.26. The molecule has 0 unspecified atom stereocenters. The van der Waals surface area contributed by atoms with Gasteiger partial charge in [-0.05, 0) is 13.8 Å². The Morgan fingerprint density at radius 1 is 1.88 bits per heavy atom. The number of rotatable bonds is 2. The van der Waals surface area contributed by atoms with Crippen LogP contribution in [0.3, 0.4) is 0 Å². The Labute approximate surface area is 49.3 Å². The molecule has 0 aromatic heterocycles. The van der Waals surface area contributed by atoms with E-state index in [0.717, 1.165) is 5.57 Å². The average molecular weight is 116 g/mol. The van der Waals surface area contributed by atoms with E-state index in [-0.39, 0.29) is 0 Å². The predicted octanol–water partition coefficient (Wildman–Crippen LogP) is 0.518. The zero-order valence-electron chi connectivity index (χ0n) is 5.26. The molecule has 0 aliphatic heterocycles. The van der Waals surface area contributed by atoms with Gasteiger partial charge in [-0.1, -0.05) is 11.6 Å². The van der Waals surface area contributed by atoms with Crippen LogP contribution in [0, 0.1) is 0 Å². The minimum Gasteiger partial charge on any atom is -0.299 e. The smallest absolute Gasteiger partial charge is 0.0603 e. The third kappa shape index (κ3) is 3.80. The molecule has 0 aliphatic carbocycles. The second-order valence-electron chi connectivity index (χ2n) is 1.73. The molecule has 48 valence electrons. The number of allylic oxidation sites excluding steroid dienone is 1. The number of hydrogen-bond acceptors (Lipinski definition) is 3. The van der Waals surface area contributed by atoms with Gasteiger partial charge < -0.3 is 0 Å². The van der Waals surface area contributed by atoms with Crippen LogP contribution in [-0.2, 0) is 0 Å². The third-order valence-corrected chi connectivity index (χ3v) is 0.904. The Morgan fingerprint density at radius 2 is 2.38 bits per heavy atom. The summed E-state index contributed by atoms with van der Waals surface area (Å²) in [4.78, 5) is 0. The summed E-state index contributed by atoms with van der Waals surface area (Å²) in [5.74, 6) is 4.92. The van der Waals surface area contributed by atoms with Crippen molar-refractivity contribution in [3.63, 3.8) is 0 Å². The molecule has 0 rings (SSSR count). The molecule has 0 saturated carbocycles. The first-order valence-corrected chi connectivity index (χ1v) is 2.49. The predicted molar refractivity (Wildman–Crippen MR) is 32.1 cm³/mol. The molecule has 0 amide bonds. The molecular weight excluding hydrogens is 104 g/mol. The van der Waals surface area contributed by atoms with Gasteiger partial charge in [-0.3, -0.25) is 5.21 Å². The van der Waals surface area contributed by atoms with Crippen molar-refractivity contribution in [2.24, 2.45) is 5.84 Å². The minimum absolute atomic E-state index is 0.413. The maximum Gasteiger partial charge on any atom is 0.0603 e. The van der Waals surface area contributed by atoms with E-state index in [1.165, 1.54) is 0 Å². The summed E-state index contributed by atoms with van der Waals surface area (Å²) in [6.07, 6.45) is 1.90. The second-order valence-corrected chi connectivity index (χ2v) is 1.73. The van der Waals surface area contributed by atoms with E-state index < -0.39 is 0 Å². The van der Waals surface area contributed by atoms with Crippen molar-refractivity contribution in [3.8, 4) is 0 Å². The van der Waals surface area contributed by atoms with Crippen molar-refractivity contribution >= 4 is 0 Å². The van der Waals surface area contributed by atoms with Gasteiger partial charge in [0.1, 0.15) is 0 Å². The fourth-order valence-electron chi connectivity index (χ4n) is 0.347. The molecule has 0 bridgehead atoms. The quantitative estimate of drug-likeness (QED) is 0.314. The van der Waals surface area contributed by atoms with Gasteiger partial charge in [0.25, 0.3) is 0 Å². The Bertz CT molecular complexity index is 88.4. The highest BCUT2D eigenvalue weighted by molar-refractivity contribution is 4.96. The summed E-state index contributed by atoms with van der Waals surface area (Å²) in [5.41, 5.74) is 1.05. The Balaban J connectivity index is 3.39. The molecule has 3 heteroatoms. The van der Waals surface area contributed by atoms with Crippen LogP contribution in [0.15, 0.2) is 11.6 Å². The topological polar surface area (TPSA) is 49.5 Å². The lowest BCUT2D eigenvalue weighted by atomic mass is 10.3. The van der Waals surface area contributed by atoms with Crippen LogP contribution in [0.25, 0.3) is 0 Å². The highest BCUT2D eigenvalue weighted by atomic mass is 16.5. The molecule has 0 atom stereocenters. The van der Waals surface area contributed by atoms with Crippen molar-refractivity contribution < 1.29 is 5.21 Å². The van der Waals surface area contributed by atoms with E-state index in [2.05, 4.69) is 0 Å². The summed E-state index contributed by atoms with van der Waals surface area (Å²) in [7, 11) is 0. The number of nitrogens with zero attached hydrogens (tertiary/aromatic N) is 1. The largest absolute Gasteiger partial charge is 0.299 e. The Kier molecular flexibility index (Phi) is 3.43. The number of hydrogen-bond donors (Lipinski definition) is 2. The molecule has 8 heavy (non-hydrogen) atoms. The molecule has 0 heterocycles. The standard InChI is InChI=1S/C5H12N2O/c1-3-5(2)4-7(6)8/h3,8H,4,6H2,1-2H3. The summed E-state index contributed by atoms with van der Waals surface area (Å²) in [6, 6.07) is 0. The normalized spacial score (nSPS) is 12.9. The van der Waals surface area contributed by atoms with Crippen molar-refractivity contribution in [3.05, 3.63) is 11.6 Å². The maximum atomic E-state index is 8.42. The number of hydroxylamine groups is 1. The van der Waals surface area contributed by atoms with E-state index in [9.17, 15) is 0 Å². The molecule has 3 nitrogen and oxygen atoms in total. The van der Waals surface area contributed by atoms with E-state index in [1.54, 1.807) is 0 Å². The van der Waals surface area contributed by atoms with Crippen LogP contribution in [0.2, 0.25) is 0 Å². The summed E-state index contributed by atoms with van der Waals surface area (Å²) < 4.78 is 0. The third-order valence-electron chi connectivity index (χ3n) is 0.904. The highest BCUT2D eigenvalue weighted by Crippen LogP contribution is 1.89. The maximum absolute atomic E-state index is 8.42. The molecule has 0 saturated heterocycles. The lowest BCUT2D eigenvalue weighted by Gasteiger charge is -2.05. The summed E-state index contributed by atoms with van der Waals surface area (Å²) >= 11 is 0. The first kappa shape index (κ1) is 7.62. The van der Waals surface area contributed by atoms with Gasteiger partial charge in [-0.15, -0.1) is 5.17 Å². The molecule has 0 radical (unpaired) electrons. The second kappa shape index (κ2) is 3.60. The van der Waals surface area contributed by atoms with E-state index in [4.69, 9.17) is 11.0 Å². The van der Waals surface area contributed by atoms with Crippen LogP contribution in [0.5, 0.6) is 0 Å². The van der Waals surface area contributed by atoms with Crippen LogP contribution in [-0.4, -0.2) is 16.9 Å². The van der Waals surface area contributed by atoms with Gasteiger partial charge in [0.05, 0.1) is 6.54 Å². The fraction of sp³-hybridized carbons (Fsp3) is 0.600. The summed E-state index contributed by atoms with van der Waals surface area (Å²) in [6.45, 7) is 4.21. The molecule has 0 fully saturated rings. The average Bonchev–Trinajstić information content (AvgIpc) is 1.65. The van der Waals surface area contributed by atoms with Crippen molar-refractivity contribution in [1.82, 2.24) is 5.17 Å². The lowest BCUT2D eigenvalue weighted by molar-refractivity contribution is -0.0844. The first-order valence-electron chi connectivity index (χ1n) is 2.49. The zero-order chi connectivity index (χ0) is 6.57. The SMILES string of the molecule is CC=C(C)CN(N)O. The van der Waals surface area contributed by atoms with E-state index in [0.29, 0.717) is 11.7 Å². The Hall–Kier alpha value is -0.380. The van der Waals surface area contributed by atoms with E-state index >= 15 is 0 Å². The number of hydrazine groups is 1. The van der Waals surface area contributed by atoms with Crippen LogP contribution >= 0.6 is 0 Å². The van der Waals surface area contributed by atoms with Crippen LogP contribution in [0.1, 0.15) is 13.8 Å². The van der Waals surface area contributed by atoms with Crippen LogP contribution in [0.4, 0.5) is 0 Å². The first-order chi connectivity index (χ1) is 3.66. The molecule has 0 aromatic carbocycles. The molecule has 0 aliphatic rings. The van der Waals surface area contributed by atoms with Crippen molar-refractivity contribution in [2.45, 2.75) is 13.8 Å². The van der Waals surface area contributed by atoms with Crippen molar-refractivity contribution in [2.75, 3.05) is 6.54 Å². The monoisotopic (exact) mass is 116 g/mol. The molecular formula is C5H12N2O. The summed E-state index contributed by atoms with van der Waals surface area (Å²) in [5, 5.41) is 9.09. The molecule has 0 spiro atoms. The van der Waals surface area contributed by atoms with Gasteiger partial charge in [0, 0.05) is 0 Å². The minimum atomic E-state index is 0.413. The highest BCUT2D eigenvalue weighted by Gasteiger charge is 1.89.